The minimum Gasteiger partial charge on any atom is -0.448 e. The van der Waals surface area contributed by atoms with E-state index in [-0.39, 0.29) is 22.8 Å². The van der Waals surface area contributed by atoms with Gasteiger partial charge in [0.15, 0.2) is 11.9 Å². The molecule has 0 saturated carbocycles. The van der Waals surface area contributed by atoms with Crippen molar-refractivity contribution in [1.82, 2.24) is 14.0 Å². The van der Waals surface area contributed by atoms with Crippen LogP contribution < -0.4 is 5.32 Å². The highest BCUT2D eigenvalue weighted by atomic mass is 32.2. The summed E-state index contributed by atoms with van der Waals surface area (Å²) in [6.07, 6.45) is 2.19. The summed E-state index contributed by atoms with van der Waals surface area (Å²) in [5.41, 5.74) is 0.0475. The number of sulfonamides is 1. The molecular weight excluding hydrogens is 400 g/mol. The predicted octanol–water partition coefficient (Wildman–Crippen LogP) is 1.68. The molecule has 1 N–H and O–H groups in total. The molecule has 0 aromatic carbocycles. The van der Waals surface area contributed by atoms with Crippen molar-refractivity contribution in [2.45, 2.75) is 44.1 Å². The van der Waals surface area contributed by atoms with Gasteiger partial charge in [0.2, 0.25) is 10.0 Å². The van der Waals surface area contributed by atoms with Gasteiger partial charge in [-0.05, 0) is 32.3 Å². The highest BCUT2D eigenvalue weighted by Crippen LogP contribution is 2.23. The number of anilines is 1. The van der Waals surface area contributed by atoms with Crippen LogP contribution in [-0.2, 0) is 26.6 Å². The fourth-order valence-corrected chi connectivity index (χ4v) is 4.69. The highest BCUT2D eigenvalue weighted by Gasteiger charge is 2.31. The van der Waals surface area contributed by atoms with E-state index in [1.807, 2.05) is 0 Å². The molecule has 1 aliphatic heterocycles. The quantitative estimate of drug-likeness (QED) is 0.671. The summed E-state index contributed by atoms with van der Waals surface area (Å²) in [7, 11) is -2.10. The Balaban J connectivity index is 1.72. The van der Waals surface area contributed by atoms with Crippen LogP contribution in [0.3, 0.4) is 0 Å². The maximum Gasteiger partial charge on any atom is 0.355 e. The minimum atomic E-state index is -3.66. The molecule has 10 nitrogen and oxygen atoms in total. The van der Waals surface area contributed by atoms with Crippen molar-refractivity contribution < 1.29 is 27.3 Å². The SMILES string of the molecule is CCC(OC(=O)c1cc(S(=O)(=O)N2CCCC2)cn1C)C(=O)Nc1cc(C)on1. The number of carbonyl (C=O) groups excluding carboxylic acids is 2. The van der Waals surface area contributed by atoms with Gasteiger partial charge in [0.25, 0.3) is 5.91 Å². The summed E-state index contributed by atoms with van der Waals surface area (Å²) < 4.78 is 38.4. The molecule has 11 heteroatoms. The van der Waals surface area contributed by atoms with E-state index in [1.54, 1.807) is 27.0 Å². The van der Waals surface area contributed by atoms with E-state index in [0.29, 0.717) is 18.8 Å². The Morgan fingerprint density at radius 1 is 1.31 bits per heavy atom. The van der Waals surface area contributed by atoms with Crippen molar-refractivity contribution in [3.63, 3.8) is 0 Å². The molecule has 1 aliphatic rings. The van der Waals surface area contributed by atoms with Gasteiger partial charge >= 0.3 is 5.97 Å². The number of nitrogens with zero attached hydrogens (tertiary/aromatic N) is 3. The lowest BCUT2D eigenvalue weighted by atomic mass is 10.2. The monoisotopic (exact) mass is 424 g/mol. The van der Waals surface area contributed by atoms with E-state index in [4.69, 9.17) is 9.26 Å². The Labute approximate surface area is 168 Å². The van der Waals surface area contributed by atoms with Gasteiger partial charge in [0, 0.05) is 32.4 Å². The lowest BCUT2D eigenvalue weighted by Gasteiger charge is -2.15. The van der Waals surface area contributed by atoms with Crippen LogP contribution >= 0.6 is 0 Å². The van der Waals surface area contributed by atoms with Crippen molar-refractivity contribution in [3.8, 4) is 0 Å². The number of ether oxygens (including phenoxy) is 1. The molecule has 3 rings (SSSR count). The molecule has 0 bridgehead atoms. The lowest BCUT2D eigenvalue weighted by molar-refractivity contribution is -0.124. The van der Waals surface area contributed by atoms with Crippen LogP contribution in [0, 0.1) is 6.92 Å². The first-order valence-electron chi connectivity index (χ1n) is 9.34. The average molecular weight is 424 g/mol. The second-order valence-electron chi connectivity index (χ2n) is 6.90. The topological polar surface area (TPSA) is 124 Å². The third-order valence-corrected chi connectivity index (χ3v) is 6.55. The molecule has 0 aliphatic carbocycles. The smallest absolute Gasteiger partial charge is 0.355 e. The van der Waals surface area contributed by atoms with Crippen LogP contribution in [0.4, 0.5) is 5.82 Å². The van der Waals surface area contributed by atoms with Crippen molar-refractivity contribution in [2.24, 2.45) is 7.05 Å². The van der Waals surface area contributed by atoms with Crippen molar-refractivity contribution in [2.75, 3.05) is 18.4 Å². The average Bonchev–Trinajstić information content (AvgIpc) is 3.41. The maximum atomic E-state index is 12.7. The van der Waals surface area contributed by atoms with Crippen LogP contribution in [0.1, 0.15) is 42.4 Å². The van der Waals surface area contributed by atoms with Gasteiger partial charge in [-0.2, -0.15) is 4.31 Å². The van der Waals surface area contributed by atoms with E-state index in [9.17, 15) is 18.0 Å². The third kappa shape index (κ3) is 4.51. The summed E-state index contributed by atoms with van der Waals surface area (Å²) in [5.74, 6) is -0.581. The Morgan fingerprint density at radius 2 is 2.00 bits per heavy atom. The number of nitrogens with one attached hydrogen (secondary N) is 1. The van der Waals surface area contributed by atoms with Gasteiger partial charge in [-0.1, -0.05) is 12.1 Å². The lowest BCUT2D eigenvalue weighted by Crippen LogP contribution is -2.32. The molecule has 1 fully saturated rings. The number of aryl methyl sites for hydroxylation is 2. The Kier molecular flexibility index (Phi) is 6.08. The van der Waals surface area contributed by atoms with Crippen LogP contribution in [0.25, 0.3) is 0 Å². The zero-order chi connectivity index (χ0) is 21.2. The van der Waals surface area contributed by atoms with Crippen molar-refractivity contribution in [1.29, 1.82) is 0 Å². The van der Waals surface area contributed by atoms with Gasteiger partial charge in [-0.15, -0.1) is 0 Å². The molecule has 0 radical (unpaired) electrons. The van der Waals surface area contributed by atoms with Gasteiger partial charge in [-0.25, -0.2) is 13.2 Å². The number of hydrogen-bond donors (Lipinski definition) is 1. The Morgan fingerprint density at radius 3 is 2.59 bits per heavy atom. The van der Waals surface area contributed by atoms with Gasteiger partial charge in [0.05, 0.1) is 0 Å². The Bertz CT molecular complexity index is 1000. The molecule has 1 atom stereocenters. The van der Waals surface area contributed by atoms with Crippen LogP contribution in [0.15, 0.2) is 27.7 Å². The summed E-state index contributed by atoms with van der Waals surface area (Å²) >= 11 is 0. The van der Waals surface area contributed by atoms with Gasteiger partial charge in [-0.3, -0.25) is 4.79 Å². The number of amides is 1. The minimum absolute atomic E-state index is 0.0319. The molecule has 29 heavy (non-hydrogen) atoms. The zero-order valence-corrected chi connectivity index (χ0v) is 17.4. The molecule has 158 valence electrons. The summed E-state index contributed by atoms with van der Waals surface area (Å²) in [4.78, 5) is 25.0. The number of hydrogen-bond acceptors (Lipinski definition) is 7. The van der Waals surface area contributed by atoms with Crippen molar-refractivity contribution in [3.05, 3.63) is 29.8 Å². The number of esters is 1. The first kappa shape index (κ1) is 21.1. The first-order valence-corrected chi connectivity index (χ1v) is 10.8. The number of aromatic nitrogens is 2. The van der Waals surface area contributed by atoms with Crippen LogP contribution in [0.2, 0.25) is 0 Å². The van der Waals surface area contributed by atoms with E-state index in [2.05, 4.69) is 10.5 Å². The summed E-state index contributed by atoms with van der Waals surface area (Å²) in [6.45, 7) is 4.32. The number of rotatable bonds is 7. The normalized spacial score (nSPS) is 16.0. The molecule has 0 spiro atoms. The molecule has 1 unspecified atom stereocenters. The Hall–Kier alpha value is -2.66. The van der Waals surface area contributed by atoms with Crippen LogP contribution in [0.5, 0.6) is 0 Å². The molecular formula is C18H24N4O6S. The fourth-order valence-electron chi connectivity index (χ4n) is 3.10. The molecule has 1 amide bonds. The maximum absolute atomic E-state index is 12.7. The van der Waals surface area contributed by atoms with E-state index < -0.39 is 28.0 Å². The molecule has 2 aromatic heterocycles. The molecule has 1 saturated heterocycles. The van der Waals surface area contributed by atoms with E-state index in [0.717, 1.165) is 12.8 Å². The van der Waals surface area contributed by atoms with Crippen molar-refractivity contribution >= 4 is 27.7 Å². The second kappa shape index (κ2) is 8.37. The van der Waals surface area contributed by atoms with Crippen LogP contribution in [-0.4, -0.2) is 53.5 Å². The largest absolute Gasteiger partial charge is 0.448 e. The zero-order valence-electron chi connectivity index (χ0n) is 16.5. The molecule has 3 heterocycles. The predicted molar refractivity (Wildman–Crippen MR) is 103 cm³/mol. The standard InChI is InChI=1S/C18H24N4O6S/c1-4-15(17(23)19-16-9-12(2)28-20-16)27-18(24)14-10-13(11-21(14)3)29(25,26)22-7-5-6-8-22/h9-11,15H,4-8H2,1-3H3,(H,19,20,23). The van der Waals surface area contributed by atoms with E-state index in [1.165, 1.54) is 21.1 Å². The van der Waals surface area contributed by atoms with E-state index >= 15 is 0 Å². The first-order chi connectivity index (χ1) is 13.7. The third-order valence-electron chi connectivity index (χ3n) is 4.68. The summed E-state index contributed by atoms with van der Waals surface area (Å²) in [6, 6.07) is 2.82. The fraction of sp³-hybridized carbons (Fsp3) is 0.500. The van der Waals surface area contributed by atoms with Gasteiger partial charge < -0.3 is 19.1 Å². The number of carbonyl (C=O) groups is 2. The molecule has 2 aromatic rings. The highest BCUT2D eigenvalue weighted by molar-refractivity contribution is 7.89. The summed E-state index contributed by atoms with van der Waals surface area (Å²) in [5, 5.41) is 6.19. The second-order valence-corrected chi connectivity index (χ2v) is 8.84. The van der Waals surface area contributed by atoms with Gasteiger partial charge in [0.1, 0.15) is 16.3 Å².